The number of aliphatic carboxylic acids is 1. The smallest absolute Gasteiger partial charge is 0.305 e. The number of amides is 4. The summed E-state index contributed by atoms with van der Waals surface area (Å²) in [5.41, 5.74) is 55.5. The number of carbonyl (C=O) groups is 15. The summed E-state index contributed by atoms with van der Waals surface area (Å²) in [6.45, 7) is 6.11. The number of hydrazine groups is 4. The Bertz CT molecular complexity index is 4140. The molecule has 28 N–H and O–H groups in total. The maximum Gasteiger partial charge on any atom is 0.305 e. The number of rotatable bonds is 55. The molecule has 6 rings (SSSR count). The summed E-state index contributed by atoms with van der Waals surface area (Å²) in [4.78, 5) is 212. The number of hydrogen-bond acceptors (Lipinski definition) is 34. The maximum absolute atomic E-state index is 14.5. The van der Waals surface area contributed by atoms with E-state index in [1.165, 1.54) is 25.8 Å². The lowest BCUT2D eigenvalue weighted by atomic mass is 9.93. The molecule has 3 heterocycles. The highest BCUT2D eigenvalue weighted by Crippen LogP contribution is 2.32. The lowest BCUT2D eigenvalue weighted by Crippen LogP contribution is -2.63. The second-order valence-corrected chi connectivity index (χ2v) is 28.2. The van der Waals surface area contributed by atoms with Crippen molar-refractivity contribution >= 4 is 110 Å². The van der Waals surface area contributed by atoms with Crippen molar-refractivity contribution in [2.24, 2.45) is 46.2 Å². The molecule has 1 aliphatic heterocycles. The third-order valence-corrected chi connectivity index (χ3v) is 18.4. The summed E-state index contributed by atoms with van der Waals surface area (Å²) in [6, 6.07) is 3.60. The highest BCUT2D eigenvalue weighted by molar-refractivity contribution is 6.43. The first-order chi connectivity index (χ1) is 53.6. The Morgan fingerprint density at radius 1 is 0.637 bits per heavy atom. The van der Waals surface area contributed by atoms with Crippen LogP contribution in [-0.4, -0.2) is 236 Å². The summed E-state index contributed by atoms with van der Waals surface area (Å²) >= 11 is 0. The maximum atomic E-state index is 14.5. The van der Waals surface area contributed by atoms with E-state index < -0.39 is 199 Å². The van der Waals surface area contributed by atoms with E-state index in [1.54, 1.807) is 86.8 Å². The number of aldehydes is 1. The lowest BCUT2D eigenvalue weighted by Gasteiger charge is -2.31. The molecule has 0 aliphatic carbocycles. The molecule has 616 valence electrons. The van der Waals surface area contributed by atoms with Gasteiger partial charge in [-0.25, -0.2) is 48.0 Å². The zero-order chi connectivity index (χ0) is 83.3. The van der Waals surface area contributed by atoms with Gasteiger partial charge in [0.1, 0.15) is 42.3 Å². The summed E-state index contributed by atoms with van der Waals surface area (Å²) in [5, 5.41) is 45.8. The SMILES string of the molecule is CC(C)C[C@H](NC(=O)CNNC(Cc1c[nH]c2ccc3oc(-c4ccccc4)nc3c12)C(=O)C(=O)[C@@H](N)CC(=O)O)C(=O)N[C@@H](CC(N)=O)C(=O)C(=O)[C@@H](NN1CCC[C@H]1C(=O)C(=O)[C@H](CO)NN[C@@H](CCCNC(N)N)C(=O)C(=O)[C@@H](NN[C@@H](CCCNC(N)N)C(=O)N[C@@H](Cc1ccccc1)C(=O)C=O)[C@@H](C)O)C(C)C. The second kappa shape index (κ2) is 45.1. The van der Waals surface area contributed by atoms with Gasteiger partial charge in [0.15, 0.2) is 11.9 Å². The molecule has 1 fully saturated rings. The van der Waals surface area contributed by atoms with Gasteiger partial charge in [0.2, 0.25) is 81.6 Å². The minimum atomic E-state index is -1.93. The number of aromatic nitrogens is 2. The van der Waals surface area contributed by atoms with Crippen molar-refractivity contribution in [1.29, 1.82) is 0 Å². The Balaban J connectivity index is 1.12. The minimum absolute atomic E-state index is 0.00237. The number of nitrogens with two attached hydrogens (primary N) is 6. The largest absolute Gasteiger partial charge is 0.481 e. The van der Waals surface area contributed by atoms with E-state index in [0.29, 0.717) is 44.6 Å². The lowest BCUT2D eigenvalue weighted by molar-refractivity contribution is -0.144. The van der Waals surface area contributed by atoms with Gasteiger partial charge in [-0.05, 0) is 119 Å². The predicted molar refractivity (Wildman–Crippen MR) is 407 cm³/mol. The fraction of sp³-hybridized carbons (Fsp3) is 0.507. The molecule has 5 aromatic rings. The molecular weight excluding hydrogens is 1470 g/mol. The van der Waals surface area contributed by atoms with Crippen LogP contribution in [-0.2, 0) is 84.8 Å². The number of aliphatic hydroxyl groups is 2. The Morgan fingerprint density at radius 3 is 1.81 bits per heavy atom. The fourth-order valence-electron chi connectivity index (χ4n) is 12.5. The first kappa shape index (κ1) is 91.9. The van der Waals surface area contributed by atoms with Gasteiger partial charge in [-0.1, -0.05) is 76.2 Å². The minimum Gasteiger partial charge on any atom is -0.481 e. The van der Waals surface area contributed by atoms with Crippen LogP contribution in [0.2, 0.25) is 0 Å². The number of primary amides is 1. The van der Waals surface area contributed by atoms with Gasteiger partial charge in [-0.15, -0.1) is 0 Å². The highest BCUT2D eigenvalue weighted by Gasteiger charge is 2.43. The van der Waals surface area contributed by atoms with Crippen LogP contribution in [0, 0.1) is 11.8 Å². The molecule has 113 heavy (non-hydrogen) atoms. The van der Waals surface area contributed by atoms with Crippen molar-refractivity contribution in [2.45, 2.75) is 190 Å². The van der Waals surface area contributed by atoms with Gasteiger partial charge in [-0.2, -0.15) is 0 Å². The number of H-pyrrole nitrogens is 1. The average Bonchev–Trinajstić information content (AvgIpc) is 1.61. The van der Waals surface area contributed by atoms with E-state index in [9.17, 15) is 87.2 Å². The quantitative estimate of drug-likeness (QED) is 0.00566. The zero-order valence-corrected chi connectivity index (χ0v) is 63.4. The Labute approximate surface area is 649 Å². The number of carboxylic acids is 1. The van der Waals surface area contributed by atoms with E-state index in [4.69, 9.17) is 43.8 Å². The van der Waals surface area contributed by atoms with Crippen LogP contribution in [0.5, 0.6) is 0 Å². The number of carbonyl (C=O) groups excluding carboxylic acids is 14. The molecule has 2 aromatic heterocycles. The van der Waals surface area contributed by atoms with Crippen molar-refractivity contribution in [3.63, 3.8) is 0 Å². The monoisotopic (exact) mass is 1580 g/mol. The van der Waals surface area contributed by atoms with Crippen LogP contribution in [0.3, 0.4) is 0 Å². The van der Waals surface area contributed by atoms with Crippen LogP contribution in [0.15, 0.2) is 83.4 Å². The molecule has 12 atom stereocenters. The standard InChI is InChI=1S/C73H105N21O19/c1-36(2)27-49(84-55(100)33-83-88-48(64(106)61(103)42(74)30-56(101)102)29-41-32-82-43-22-23-53-60(57(41)43)87-71(113-53)40-17-10-7-11-18-40)70(112)86-47(31-54(75)99)63(105)67(109)58(37(3)4)93-94-26-14-21-51(94)66(108)65(107)50(34-95)91-89-44(19-12-24-80-72(76)77)62(104)68(110)59(38(5)97)92-90-45(20-13-25-81-73(78)79)69(111)85-46(52(98)35-96)28-39-15-8-6-9-16-39/h6-11,15-18,22-23,32,35-38,42,44-51,58-59,72-73,80-83,88-93,95,97H,12-14,19-21,24-31,33-34,74,76-79H2,1-5H3,(H2,75,99)(H,84,100)(H,85,111)(H,86,112)(H,101,102)/t38-,42+,44+,45+,46+,47+,48?,49+,50+,51+,58+,59+/m1/s1. The van der Waals surface area contributed by atoms with Gasteiger partial charge in [-0.3, -0.25) is 82.6 Å². The van der Waals surface area contributed by atoms with Crippen molar-refractivity contribution in [2.75, 3.05) is 32.8 Å². The van der Waals surface area contributed by atoms with Crippen LogP contribution in [0.1, 0.15) is 104 Å². The highest BCUT2D eigenvalue weighted by atomic mass is 16.4. The number of aromatic amines is 1. The van der Waals surface area contributed by atoms with E-state index >= 15 is 0 Å². The number of carboxylic acid groups (broad SMARTS) is 1. The van der Waals surface area contributed by atoms with Crippen molar-refractivity contribution in [1.82, 2.24) is 79.5 Å². The molecule has 0 radical (unpaired) electrons. The van der Waals surface area contributed by atoms with E-state index in [-0.39, 0.29) is 89.6 Å². The number of ketones is 9. The molecule has 1 unspecified atom stereocenters. The van der Waals surface area contributed by atoms with Crippen molar-refractivity contribution in [3.8, 4) is 11.5 Å². The number of Topliss-reactive ketones (excluding diaryl/α,β-unsaturated/α-hetero) is 9. The normalized spacial score (nSPS) is 16.2. The van der Waals surface area contributed by atoms with E-state index in [0.717, 1.165) is 0 Å². The molecule has 1 aliphatic rings. The van der Waals surface area contributed by atoms with Gasteiger partial charge >= 0.3 is 5.97 Å². The van der Waals surface area contributed by atoms with Crippen LogP contribution in [0.25, 0.3) is 33.5 Å². The molecule has 1 saturated heterocycles. The van der Waals surface area contributed by atoms with Crippen molar-refractivity contribution < 1.29 is 91.7 Å². The molecule has 0 bridgehead atoms. The first-order valence-electron chi connectivity index (χ1n) is 36.9. The molecular formula is C73H105N21O19. The second-order valence-electron chi connectivity index (χ2n) is 28.2. The third-order valence-electron chi connectivity index (χ3n) is 18.4. The number of benzene rings is 3. The van der Waals surface area contributed by atoms with E-state index in [2.05, 4.69) is 69.5 Å². The van der Waals surface area contributed by atoms with Crippen LogP contribution in [0.4, 0.5) is 0 Å². The zero-order valence-electron chi connectivity index (χ0n) is 63.4. The van der Waals surface area contributed by atoms with Gasteiger partial charge in [0.25, 0.3) is 0 Å². The molecule has 0 spiro atoms. The fourth-order valence-corrected chi connectivity index (χ4v) is 12.5. The molecule has 0 saturated carbocycles. The Hall–Kier alpha value is -9.96. The number of aliphatic hydroxyl groups excluding tert-OH is 2. The van der Waals surface area contributed by atoms with Gasteiger partial charge in [0.05, 0.1) is 74.4 Å². The summed E-state index contributed by atoms with van der Waals surface area (Å²) in [7, 11) is 0. The van der Waals surface area contributed by atoms with E-state index in [1.807, 2.05) is 6.07 Å². The molecule has 3 aromatic carbocycles. The number of hydrogen-bond donors (Lipinski definition) is 22. The predicted octanol–water partition coefficient (Wildman–Crippen LogP) is -6.11. The number of fused-ring (bicyclic) bond motifs is 3. The first-order valence-corrected chi connectivity index (χ1v) is 36.9. The van der Waals surface area contributed by atoms with Gasteiger partial charge in [0, 0.05) is 35.6 Å². The van der Waals surface area contributed by atoms with Gasteiger partial charge < -0.3 is 75.1 Å². The van der Waals surface area contributed by atoms with Crippen LogP contribution < -0.4 is 99.0 Å². The van der Waals surface area contributed by atoms with Crippen molar-refractivity contribution in [3.05, 3.63) is 90.1 Å². The molecule has 40 nitrogen and oxygen atoms in total. The average molecular weight is 1580 g/mol. The molecule has 4 amide bonds. The number of nitrogens with zero attached hydrogens (tertiary/aromatic N) is 2. The summed E-state index contributed by atoms with van der Waals surface area (Å²) < 4.78 is 6.06. The third kappa shape index (κ3) is 27.7. The number of oxazole rings is 1. The Morgan fingerprint density at radius 2 is 1.22 bits per heavy atom. The number of nitrogens with one attached hydrogen (secondary N) is 13. The van der Waals surface area contributed by atoms with Crippen LogP contribution >= 0.6 is 0 Å². The Kier molecular flexibility index (Phi) is 36.7. The topological polar surface area (TPSA) is 662 Å². The summed E-state index contributed by atoms with van der Waals surface area (Å²) in [5.74, 6) is -16.9. The molecule has 40 heteroatoms. The summed E-state index contributed by atoms with van der Waals surface area (Å²) in [6.07, 6.45) is -3.92.